The minimum absolute atomic E-state index is 0.00737. The zero-order chi connectivity index (χ0) is 33.5. The summed E-state index contributed by atoms with van der Waals surface area (Å²) in [5, 5.41) is 0. The van der Waals surface area contributed by atoms with Crippen molar-refractivity contribution in [3.8, 4) is 0 Å². The second-order valence-corrected chi connectivity index (χ2v) is 16.2. The van der Waals surface area contributed by atoms with Gasteiger partial charge >= 0.3 is 21.4 Å². The molecule has 0 bridgehead atoms. The van der Waals surface area contributed by atoms with E-state index in [-0.39, 0.29) is 5.92 Å². The molecule has 0 N–H and O–H groups in total. The number of hydrogen-bond acceptors (Lipinski definition) is 6. The highest BCUT2D eigenvalue weighted by Crippen LogP contribution is 2.39. The van der Waals surface area contributed by atoms with E-state index in [1.807, 2.05) is 0 Å². The zero-order valence-electron chi connectivity index (χ0n) is 29.7. The summed E-state index contributed by atoms with van der Waals surface area (Å²) in [6.45, 7) is 25.0. The highest BCUT2D eigenvalue weighted by molar-refractivity contribution is 6.63. The summed E-state index contributed by atoms with van der Waals surface area (Å²) in [5.41, 5.74) is 4.19. The van der Waals surface area contributed by atoms with Gasteiger partial charge < -0.3 is 27.9 Å². The monoisotopic (exact) mass is 622 g/mol. The lowest BCUT2D eigenvalue weighted by Gasteiger charge is -2.32. The van der Waals surface area contributed by atoms with Gasteiger partial charge in [-0.1, -0.05) is 72.8 Å². The van der Waals surface area contributed by atoms with Crippen molar-refractivity contribution in [3.63, 3.8) is 0 Å². The van der Waals surface area contributed by atoms with Crippen LogP contribution < -0.4 is 16.4 Å². The summed E-state index contributed by atoms with van der Waals surface area (Å²) in [4.78, 5) is 0. The topological polar surface area (TPSA) is 55.4 Å². The van der Waals surface area contributed by atoms with Crippen LogP contribution in [0, 0.1) is 0 Å². The SMILES string of the molecule is CC1(C)OB(c2ccc(C(c3ccc(B4OC(C)(C)C(C)(C)O4)cc3)c3ccc(B4OC(C)(C)C(C)(C)O4)cc3)cc2)OC1(C)C. The average Bonchev–Trinajstić information content (AvgIpc) is 3.43. The Kier molecular flexibility index (Phi) is 8.07. The van der Waals surface area contributed by atoms with Crippen LogP contribution in [0.4, 0.5) is 0 Å². The van der Waals surface area contributed by atoms with Crippen LogP contribution in [0.1, 0.15) is 106 Å². The van der Waals surface area contributed by atoms with Crippen LogP contribution in [0.2, 0.25) is 0 Å². The van der Waals surface area contributed by atoms with E-state index in [9.17, 15) is 0 Å². The van der Waals surface area contributed by atoms with Crippen LogP contribution >= 0.6 is 0 Å². The maximum Gasteiger partial charge on any atom is 0.494 e. The second kappa shape index (κ2) is 11.1. The van der Waals surface area contributed by atoms with E-state index in [1.54, 1.807) is 0 Å². The highest BCUT2D eigenvalue weighted by Gasteiger charge is 2.53. The summed E-state index contributed by atoms with van der Waals surface area (Å²) in [7, 11) is -1.22. The summed E-state index contributed by atoms with van der Waals surface area (Å²) in [6.07, 6.45) is 0. The zero-order valence-corrected chi connectivity index (χ0v) is 29.7. The Morgan fingerprint density at radius 2 is 0.500 bits per heavy atom. The van der Waals surface area contributed by atoms with E-state index in [4.69, 9.17) is 27.9 Å². The molecule has 9 heteroatoms. The van der Waals surface area contributed by atoms with E-state index in [1.165, 1.54) is 16.7 Å². The van der Waals surface area contributed by atoms with Crippen LogP contribution in [0.3, 0.4) is 0 Å². The van der Waals surface area contributed by atoms with E-state index < -0.39 is 55.0 Å². The molecule has 3 saturated heterocycles. The van der Waals surface area contributed by atoms with E-state index in [0.29, 0.717) is 0 Å². The second-order valence-electron chi connectivity index (χ2n) is 16.2. The summed E-state index contributed by atoms with van der Waals surface area (Å²) in [5.74, 6) is -0.00737. The van der Waals surface area contributed by atoms with Gasteiger partial charge in [-0.15, -0.1) is 0 Å². The van der Waals surface area contributed by atoms with Gasteiger partial charge in [0, 0.05) is 5.92 Å². The Balaban J connectivity index is 1.31. The maximum atomic E-state index is 6.33. The van der Waals surface area contributed by atoms with Crippen LogP contribution in [-0.2, 0) is 27.9 Å². The van der Waals surface area contributed by atoms with Crippen molar-refractivity contribution in [2.75, 3.05) is 0 Å². The number of rotatable bonds is 6. The summed E-state index contributed by atoms with van der Waals surface area (Å²) in [6, 6.07) is 25.9. The van der Waals surface area contributed by atoms with Gasteiger partial charge in [-0.05, 0) is 116 Å². The molecule has 0 saturated carbocycles. The lowest BCUT2D eigenvalue weighted by molar-refractivity contribution is 0.00578. The first-order valence-corrected chi connectivity index (χ1v) is 16.6. The molecule has 6 rings (SSSR count). The van der Waals surface area contributed by atoms with Gasteiger partial charge in [0.15, 0.2) is 0 Å². The van der Waals surface area contributed by atoms with Crippen molar-refractivity contribution in [1.82, 2.24) is 0 Å². The molecule has 0 spiro atoms. The molecular formula is C37H49B3O6. The highest BCUT2D eigenvalue weighted by atomic mass is 16.7. The number of benzene rings is 3. The van der Waals surface area contributed by atoms with E-state index in [2.05, 4.69) is 156 Å². The van der Waals surface area contributed by atoms with E-state index in [0.717, 1.165) is 16.4 Å². The first-order valence-electron chi connectivity index (χ1n) is 16.6. The number of hydrogen-bond donors (Lipinski definition) is 0. The van der Waals surface area contributed by atoms with Crippen molar-refractivity contribution < 1.29 is 27.9 Å². The molecule has 3 heterocycles. The van der Waals surface area contributed by atoms with Crippen molar-refractivity contribution >= 4 is 37.7 Å². The average molecular weight is 622 g/mol. The van der Waals surface area contributed by atoms with Crippen molar-refractivity contribution in [2.24, 2.45) is 0 Å². The first kappa shape index (κ1) is 33.5. The quantitative estimate of drug-likeness (QED) is 0.258. The fraction of sp³-hybridized carbons (Fsp3) is 0.514. The Morgan fingerprint density at radius 1 is 0.326 bits per heavy atom. The first-order chi connectivity index (χ1) is 21.2. The Morgan fingerprint density at radius 3 is 0.674 bits per heavy atom. The molecule has 3 aromatic carbocycles. The molecule has 46 heavy (non-hydrogen) atoms. The largest absolute Gasteiger partial charge is 0.494 e. The van der Waals surface area contributed by atoms with Gasteiger partial charge in [0.05, 0.1) is 33.6 Å². The molecule has 3 aliphatic rings. The van der Waals surface area contributed by atoms with Gasteiger partial charge in [-0.25, -0.2) is 0 Å². The predicted octanol–water partition coefficient (Wildman–Crippen LogP) is 5.76. The molecule has 0 amide bonds. The Hall–Kier alpha value is -2.39. The normalized spacial score (nSPS) is 23.8. The molecule has 0 unspecified atom stereocenters. The molecule has 6 nitrogen and oxygen atoms in total. The van der Waals surface area contributed by atoms with Gasteiger partial charge in [0.1, 0.15) is 0 Å². The fourth-order valence-electron chi connectivity index (χ4n) is 6.05. The smallest absolute Gasteiger partial charge is 0.399 e. The minimum atomic E-state index is -0.407. The molecule has 0 radical (unpaired) electrons. The van der Waals surface area contributed by atoms with Crippen LogP contribution in [0.5, 0.6) is 0 Å². The molecule has 0 aromatic heterocycles. The lowest BCUT2D eigenvalue weighted by atomic mass is 9.74. The van der Waals surface area contributed by atoms with Crippen molar-refractivity contribution in [1.29, 1.82) is 0 Å². The third kappa shape index (κ3) is 5.82. The predicted molar refractivity (Wildman–Crippen MR) is 187 cm³/mol. The molecule has 3 aliphatic heterocycles. The maximum absolute atomic E-state index is 6.33. The lowest BCUT2D eigenvalue weighted by Crippen LogP contribution is -2.41. The molecular weight excluding hydrogens is 573 g/mol. The molecule has 0 aliphatic carbocycles. The van der Waals surface area contributed by atoms with Crippen molar-refractivity contribution in [3.05, 3.63) is 89.5 Å². The fourth-order valence-corrected chi connectivity index (χ4v) is 6.05. The van der Waals surface area contributed by atoms with Gasteiger partial charge in [0.2, 0.25) is 0 Å². The standard InChI is InChI=1S/C37H49B3O6/c1-32(2)33(3,4)42-38(41-32)28-19-13-25(14-20-28)31(26-15-21-29(22-16-26)39-43-34(5,6)35(7,8)44-39)27-17-23-30(24-18-27)40-45-36(9,10)37(11,12)46-40/h13-24,31H,1-12H3. The van der Waals surface area contributed by atoms with Crippen LogP contribution in [0.25, 0.3) is 0 Å². The molecule has 0 atom stereocenters. The van der Waals surface area contributed by atoms with Crippen molar-refractivity contribution in [2.45, 2.75) is 123 Å². The third-order valence-electron chi connectivity index (χ3n) is 11.4. The van der Waals surface area contributed by atoms with Gasteiger partial charge in [-0.2, -0.15) is 0 Å². The van der Waals surface area contributed by atoms with Gasteiger partial charge in [0.25, 0.3) is 0 Å². The van der Waals surface area contributed by atoms with Gasteiger partial charge in [-0.3, -0.25) is 0 Å². The third-order valence-corrected chi connectivity index (χ3v) is 11.4. The Labute approximate surface area is 277 Å². The molecule has 242 valence electrons. The summed E-state index contributed by atoms with van der Waals surface area (Å²) < 4.78 is 38.0. The molecule has 3 aromatic rings. The van der Waals surface area contributed by atoms with Crippen LogP contribution in [0.15, 0.2) is 72.8 Å². The van der Waals surface area contributed by atoms with Crippen LogP contribution in [-0.4, -0.2) is 55.0 Å². The summed E-state index contributed by atoms with van der Waals surface area (Å²) >= 11 is 0. The van der Waals surface area contributed by atoms with E-state index >= 15 is 0 Å². The molecule has 3 fully saturated rings. The Bertz CT molecular complexity index is 1330. The minimum Gasteiger partial charge on any atom is -0.399 e.